The normalized spacial score (nSPS) is 11.4. The number of hydrogen-bond donors (Lipinski definition) is 0. The Kier molecular flexibility index (Phi) is 5.33. The van der Waals surface area contributed by atoms with Gasteiger partial charge in [-0.2, -0.15) is 10.2 Å². The molecule has 0 saturated carbocycles. The monoisotopic (exact) mass is 430 g/mol. The fourth-order valence-electron chi connectivity index (χ4n) is 3.23. The Hall–Kier alpha value is -3.14. The topological polar surface area (TPSA) is 68.8 Å². The van der Waals surface area contributed by atoms with Gasteiger partial charge in [0.25, 0.3) is 5.91 Å². The van der Waals surface area contributed by atoms with Gasteiger partial charge >= 0.3 is 0 Å². The number of amides is 1. The molecule has 3 aromatic heterocycles. The molecule has 3 heterocycles. The number of anilines is 1. The number of carbonyl (C=O) groups excluding carboxylic acids is 1. The SMILES string of the molecule is CCn1ccc(C(=O)N(CCn2nc(C)cc2C)c2nc3c(F)cc(F)cc3s2)n1. The first-order valence-electron chi connectivity index (χ1n) is 9.47. The van der Waals surface area contributed by atoms with Gasteiger partial charge in [0.2, 0.25) is 0 Å². The van der Waals surface area contributed by atoms with Crippen LogP contribution in [0, 0.1) is 25.5 Å². The number of carbonyl (C=O) groups is 1. The van der Waals surface area contributed by atoms with E-state index in [0.717, 1.165) is 28.8 Å². The van der Waals surface area contributed by atoms with E-state index in [0.29, 0.717) is 17.8 Å². The van der Waals surface area contributed by atoms with Gasteiger partial charge in [-0.25, -0.2) is 13.8 Å². The summed E-state index contributed by atoms with van der Waals surface area (Å²) >= 11 is 1.06. The molecule has 0 aliphatic heterocycles. The second-order valence-corrected chi connectivity index (χ2v) is 7.90. The molecule has 4 rings (SSSR count). The maximum atomic E-state index is 14.2. The molecular formula is C20H20F2N6OS. The summed E-state index contributed by atoms with van der Waals surface area (Å²) in [5.74, 6) is -1.80. The Morgan fingerprint density at radius 2 is 2.00 bits per heavy atom. The number of aromatic nitrogens is 5. The summed E-state index contributed by atoms with van der Waals surface area (Å²) in [6.45, 7) is 7.06. The number of aryl methyl sites for hydroxylation is 3. The van der Waals surface area contributed by atoms with Gasteiger partial charge in [0.15, 0.2) is 16.6 Å². The number of hydrogen-bond acceptors (Lipinski definition) is 5. The highest BCUT2D eigenvalue weighted by atomic mass is 32.1. The van der Waals surface area contributed by atoms with Gasteiger partial charge in [0.05, 0.1) is 16.9 Å². The predicted molar refractivity (Wildman–Crippen MR) is 111 cm³/mol. The highest BCUT2D eigenvalue weighted by Gasteiger charge is 2.24. The van der Waals surface area contributed by atoms with Crippen LogP contribution in [0.2, 0.25) is 0 Å². The largest absolute Gasteiger partial charge is 0.281 e. The van der Waals surface area contributed by atoms with E-state index in [1.807, 2.05) is 26.8 Å². The minimum Gasteiger partial charge on any atom is -0.281 e. The van der Waals surface area contributed by atoms with Gasteiger partial charge in [-0.05, 0) is 39.0 Å². The predicted octanol–water partition coefficient (Wildman–Crippen LogP) is 3.95. The molecule has 0 spiro atoms. The summed E-state index contributed by atoms with van der Waals surface area (Å²) in [6.07, 6.45) is 1.72. The molecule has 0 fully saturated rings. The lowest BCUT2D eigenvalue weighted by molar-refractivity contribution is 0.0980. The summed E-state index contributed by atoms with van der Waals surface area (Å²) in [6, 6.07) is 5.59. The molecule has 0 aliphatic carbocycles. The molecule has 1 aromatic carbocycles. The first-order valence-corrected chi connectivity index (χ1v) is 10.3. The molecule has 0 aliphatic rings. The van der Waals surface area contributed by atoms with Gasteiger partial charge in [-0.3, -0.25) is 19.1 Å². The minimum absolute atomic E-state index is 0.0411. The van der Waals surface area contributed by atoms with Crippen molar-refractivity contribution in [2.75, 3.05) is 11.4 Å². The zero-order chi connectivity index (χ0) is 21.4. The lowest BCUT2D eigenvalue weighted by Crippen LogP contribution is -2.34. The second kappa shape index (κ2) is 7.94. The third-order valence-corrected chi connectivity index (χ3v) is 5.73. The van der Waals surface area contributed by atoms with E-state index in [1.165, 1.54) is 11.0 Å². The number of fused-ring (bicyclic) bond motifs is 1. The van der Waals surface area contributed by atoms with Crippen LogP contribution < -0.4 is 4.90 Å². The van der Waals surface area contributed by atoms with Crippen molar-refractivity contribution in [1.29, 1.82) is 0 Å². The summed E-state index contributed by atoms with van der Waals surface area (Å²) in [5, 5.41) is 8.99. The molecule has 0 N–H and O–H groups in total. The number of nitrogens with zero attached hydrogens (tertiary/aromatic N) is 6. The summed E-state index contributed by atoms with van der Waals surface area (Å²) < 4.78 is 31.6. The third kappa shape index (κ3) is 3.82. The zero-order valence-corrected chi connectivity index (χ0v) is 17.6. The summed E-state index contributed by atoms with van der Waals surface area (Å²) in [5.41, 5.74) is 2.15. The molecule has 4 aromatic rings. The Bertz CT molecular complexity index is 1230. The molecule has 0 saturated heterocycles. The van der Waals surface area contributed by atoms with Crippen molar-refractivity contribution in [2.24, 2.45) is 0 Å². The van der Waals surface area contributed by atoms with Gasteiger partial charge < -0.3 is 0 Å². The van der Waals surface area contributed by atoms with Crippen LogP contribution in [0.5, 0.6) is 0 Å². The molecule has 0 unspecified atom stereocenters. The smallest absolute Gasteiger partial charge is 0.280 e. The van der Waals surface area contributed by atoms with Gasteiger partial charge in [0, 0.05) is 31.0 Å². The molecule has 0 bridgehead atoms. The average Bonchev–Trinajstić information content (AvgIpc) is 3.40. The van der Waals surface area contributed by atoms with Crippen molar-refractivity contribution in [3.8, 4) is 0 Å². The van der Waals surface area contributed by atoms with E-state index in [4.69, 9.17) is 0 Å². The van der Waals surface area contributed by atoms with Gasteiger partial charge in [0.1, 0.15) is 11.3 Å². The summed E-state index contributed by atoms with van der Waals surface area (Å²) in [7, 11) is 0. The quantitative estimate of drug-likeness (QED) is 0.465. The molecule has 0 radical (unpaired) electrons. The fourth-order valence-corrected chi connectivity index (χ4v) is 4.26. The van der Waals surface area contributed by atoms with Crippen molar-refractivity contribution >= 4 is 32.6 Å². The zero-order valence-electron chi connectivity index (χ0n) is 16.8. The first kappa shape index (κ1) is 20.1. The molecule has 30 heavy (non-hydrogen) atoms. The first-order chi connectivity index (χ1) is 14.4. The van der Waals surface area contributed by atoms with Crippen molar-refractivity contribution in [3.05, 3.63) is 59.2 Å². The van der Waals surface area contributed by atoms with E-state index in [1.54, 1.807) is 21.6 Å². The molecule has 156 valence electrons. The van der Waals surface area contributed by atoms with Crippen molar-refractivity contribution in [2.45, 2.75) is 33.9 Å². The summed E-state index contributed by atoms with van der Waals surface area (Å²) in [4.78, 5) is 19.0. The molecule has 1 amide bonds. The van der Waals surface area contributed by atoms with Crippen molar-refractivity contribution in [3.63, 3.8) is 0 Å². The van der Waals surface area contributed by atoms with Crippen LogP contribution in [0.4, 0.5) is 13.9 Å². The van der Waals surface area contributed by atoms with E-state index in [-0.39, 0.29) is 28.8 Å². The van der Waals surface area contributed by atoms with Crippen LogP contribution in [0.3, 0.4) is 0 Å². The lowest BCUT2D eigenvalue weighted by Gasteiger charge is -2.19. The highest BCUT2D eigenvalue weighted by Crippen LogP contribution is 2.32. The van der Waals surface area contributed by atoms with Crippen molar-refractivity contribution < 1.29 is 13.6 Å². The minimum atomic E-state index is -0.756. The van der Waals surface area contributed by atoms with Crippen LogP contribution in [-0.2, 0) is 13.1 Å². The highest BCUT2D eigenvalue weighted by molar-refractivity contribution is 7.22. The van der Waals surface area contributed by atoms with Crippen LogP contribution >= 0.6 is 11.3 Å². The number of thiazole rings is 1. The van der Waals surface area contributed by atoms with E-state index in [9.17, 15) is 13.6 Å². The Morgan fingerprint density at radius 3 is 2.67 bits per heavy atom. The molecule has 10 heteroatoms. The van der Waals surface area contributed by atoms with E-state index in [2.05, 4.69) is 15.2 Å². The van der Waals surface area contributed by atoms with Crippen LogP contribution in [-0.4, -0.2) is 37.0 Å². The maximum Gasteiger partial charge on any atom is 0.280 e. The molecular weight excluding hydrogens is 410 g/mol. The second-order valence-electron chi connectivity index (χ2n) is 6.89. The average molecular weight is 430 g/mol. The number of halogens is 2. The van der Waals surface area contributed by atoms with Crippen LogP contribution in [0.1, 0.15) is 28.8 Å². The Morgan fingerprint density at radius 1 is 1.20 bits per heavy atom. The van der Waals surface area contributed by atoms with E-state index < -0.39 is 11.6 Å². The van der Waals surface area contributed by atoms with Crippen molar-refractivity contribution in [1.82, 2.24) is 24.5 Å². The fraction of sp³-hybridized carbons (Fsp3) is 0.300. The van der Waals surface area contributed by atoms with Gasteiger partial charge in [-0.15, -0.1) is 0 Å². The number of benzene rings is 1. The molecule has 0 atom stereocenters. The van der Waals surface area contributed by atoms with E-state index >= 15 is 0 Å². The number of rotatable bonds is 6. The lowest BCUT2D eigenvalue weighted by atomic mass is 10.3. The Labute approximate surface area is 175 Å². The van der Waals surface area contributed by atoms with Gasteiger partial charge in [-0.1, -0.05) is 11.3 Å². The van der Waals surface area contributed by atoms with Crippen LogP contribution in [0.25, 0.3) is 10.2 Å². The third-order valence-electron chi connectivity index (χ3n) is 4.70. The molecule has 7 nitrogen and oxygen atoms in total. The van der Waals surface area contributed by atoms with Crippen LogP contribution in [0.15, 0.2) is 30.5 Å². The Balaban J connectivity index is 1.71. The standard InChI is InChI=1S/C20H20F2N6OS/c1-4-26-6-5-16(25-26)19(29)27(7-8-28-13(3)9-12(2)24-28)20-23-18-15(22)10-14(21)11-17(18)30-20/h5-6,9-11H,4,7-8H2,1-3H3. The maximum absolute atomic E-state index is 14.2.